The minimum Gasteiger partial charge on any atom is -0.383 e. The van der Waals surface area contributed by atoms with Crippen LogP contribution in [0.4, 0.5) is 5.82 Å². The van der Waals surface area contributed by atoms with Crippen molar-refractivity contribution >= 4 is 22.8 Å². The summed E-state index contributed by atoms with van der Waals surface area (Å²) in [5.74, 6) is 1.28. The lowest BCUT2D eigenvalue weighted by Crippen LogP contribution is -2.38. The van der Waals surface area contributed by atoms with Crippen LogP contribution < -0.4 is 4.90 Å². The molecule has 3 aromatic rings. The molecule has 1 saturated heterocycles. The number of imidazole rings is 1. The molecule has 170 valence electrons. The van der Waals surface area contributed by atoms with Gasteiger partial charge in [0.25, 0.3) is 5.91 Å². The summed E-state index contributed by atoms with van der Waals surface area (Å²) in [5, 5.41) is 0. The predicted molar refractivity (Wildman–Crippen MR) is 125 cm³/mol. The molecule has 0 atom stereocenters. The standard InChI is InChI=1S/C24H32N6O2/c1-17(2)30-16-26-22-21(30)15-20(27-23(22)28(3)13-14-32-4)18-7-11-29(12-8-18)24(31)19-5-9-25-10-6-19/h5-6,9-10,15-18H,7-8,11-14H2,1-4H3. The molecule has 0 unspecified atom stereocenters. The highest BCUT2D eigenvalue weighted by Gasteiger charge is 2.27. The highest BCUT2D eigenvalue weighted by Crippen LogP contribution is 2.33. The first-order valence-electron chi connectivity index (χ1n) is 11.3. The first kappa shape index (κ1) is 22.2. The third kappa shape index (κ3) is 4.46. The molecule has 1 amide bonds. The Bertz CT molecular complexity index is 1060. The van der Waals surface area contributed by atoms with Crippen LogP contribution in [-0.2, 0) is 4.74 Å². The maximum absolute atomic E-state index is 12.8. The Morgan fingerprint density at radius 1 is 1.25 bits per heavy atom. The normalized spacial score (nSPS) is 15.0. The molecule has 4 rings (SSSR count). The van der Waals surface area contributed by atoms with Gasteiger partial charge in [-0.05, 0) is 44.9 Å². The smallest absolute Gasteiger partial charge is 0.253 e. The van der Waals surface area contributed by atoms with Crippen molar-refractivity contribution in [2.75, 3.05) is 45.3 Å². The molecule has 0 spiro atoms. The van der Waals surface area contributed by atoms with Crippen LogP contribution in [0.1, 0.15) is 54.7 Å². The zero-order valence-corrected chi connectivity index (χ0v) is 19.4. The molecular formula is C24H32N6O2. The van der Waals surface area contributed by atoms with Crippen LogP contribution in [-0.4, -0.2) is 70.7 Å². The first-order valence-corrected chi connectivity index (χ1v) is 11.3. The second kappa shape index (κ2) is 9.65. The Morgan fingerprint density at radius 2 is 1.97 bits per heavy atom. The number of rotatable bonds is 7. The van der Waals surface area contributed by atoms with Gasteiger partial charge in [0.15, 0.2) is 5.82 Å². The summed E-state index contributed by atoms with van der Waals surface area (Å²) in [4.78, 5) is 30.6. The molecule has 0 saturated carbocycles. The number of amides is 1. The number of likely N-dealkylation sites (N-methyl/N-ethyl adjacent to an activating group) is 1. The lowest BCUT2D eigenvalue weighted by Gasteiger charge is -2.32. The molecule has 3 aromatic heterocycles. The number of aromatic nitrogens is 4. The molecular weight excluding hydrogens is 404 g/mol. The molecule has 8 heteroatoms. The number of methoxy groups -OCH3 is 1. The van der Waals surface area contributed by atoms with E-state index in [2.05, 4.69) is 39.3 Å². The van der Waals surface area contributed by atoms with Gasteiger partial charge in [0, 0.05) is 69.4 Å². The van der Waals surface area contributed by atoms with E-state index in [9.17, 15) is 4.79 Å². The molecule has 0 N–H and O–H groups in total. The van der Waals surface area contributed by atoms with Crippen molar-refractivity contribution < 1.29 is 9.53 Å². The van der Waals surface area contributed by atoms with Gasteiger partial charge in [-0.25, -0.2) is 9.97 Å². The minimum absolute atomic E-state index is 0.0760. The monoisotopic (exact) mass is 436 g/mol. The Balaban J connectivity index is 1.58. The van der Waals surface area contributed by atoms with Crippen LogP contribution in [0.3, 0.4) is 0 Å². The summed E-state index contributed by atoms with van der Waals surface area (Å²) in [5.41, 5.74) is 3.81. The van der Waals surface area contributed by atoms with Gasteiger partial charge in [0.1, 0.15) is 5.52 Å². The second-order valence-electron chi connectivity index (χ2n) is 8.70. The van der Waals surface area contributed by atoms with Gasteiger partial charge >= 0.3 is 0 Å². The number of carbonyl (C=O) groups is 1. The van der Waals surface area contributed by atoms with Crippen molar-refractivity contribution in [3.8, 4) is 0 Å². The number of ether oxygens (including phenoxy) is 1. The van der Waals surface area contributed by atoms with E-state index in [4.69, 9.17) is 9.72 Å². The van der Waals surface area contributed by atoms with Gasteiger partial charge in [-0.2, -0.15) is 0 Å². The maximum atomic E-state index is 12.8. The van der Waals surface area contributed by atoms with E-state index in [1.165, 1.54) is 0 Å². The van der Waals surface area contributed by atoms with Gasteiger partial charge in [0.05, 0.1) is 18.5 Å². The second-order valence-corrected chi connectivity index (χ2v) is 8.70. The number of hydrogen-bond acceptors (Lipinski definition) is 6. The minimum atomic E-state index is 0.0760. The zero-order valence-electron chi connectivity index (χ0n) is 19.4. The maximum Gasteiger partial charge on any atom is 0.253 e. The number of nitrogens with zero attached hydrogens (tertiary/aromatic N) is 6. The van der Waals surface area contributed by atoms with Crippen molar-refractivity contribution in [1.29, 1.82) is 0 Å². The van der Waals surface area contributed by atoms with E-state index in [-0.39, 0.29) is 5.91 Å². The number of fused-ring (bicyclic) bond motifs is 1. The number of carbonyl (C=O) groups excluding carboxylic acids is 1. The molecule has 0 aliphatic carbocycles. The Morgan fingerprint density at radius 3 is 2.62 bits per heavy atom. The average Bonchev–Trinajstić information content (AvgIpc) is 3.26. The Hall–Kier alpha value is -3.00. The average molecular weight is 437 g/mol. The molecule has 4 heterocycles. The summed E-state index contributed by atoms with van der Waals surface area (Å²) >= 11 is 0. The number of hydrogen-bond donors (Lipinski definition) is 0. The summed E-state index contributed by atoms with van der Waals surface area (Å²) in [7, 11) is 3.75. The van der Waals surface area contributed by atoms with Crippen LogP contribution in [0.2, 0.25) is 0 Å². The number of pyridine rings is 2. The molecule has 1 aliphatic rings. The first-order chi connectivity index (χ1) is 15.5. The Labute approximate surface area is 189 Å². The molecule has 0 aromatic carbocycles. The predicted octanol–water partition coefficient (Wildman–Crippen LogP) is 3.51. The molecule has 1 fully saturated rings. The lowest BCUT2D eigenvalue weighted by molar-refractivity contribution is 0.0712. The summed E-state index contributed by atoms with van der Waals surface area (Å²) < 4.78 is 7.47. The third-order valence-electron chi connectivity index (χ3n) is 6.24. The topological polar surface area (TPSA) is 76.4 Å². The van der Waals surface area contributed by atoms with Crippen LogP contribution in [0.25, 0.3) is 11.0 Å². The van der Waals surface area contributed by atoms with Crippen molar-refractivity contribution in [2.45, 2.75) is 38.6 Å². The van der Waals surface area contributed by atoms with Gasteiger partial charge < -0.3 is 19.1 Å². The Kier molecular flexibility index (Phi) is 6.69. The van der Waals surface area contributed by atoms with Crippen LogP contribution in [0, 0.1) is 0 Å². The third-order valence-corrected chi connectivity index (χ3v) is 6.24. The van der Waals surface area contributed by atoms with Crippen LogP contribution in [0.15, 0.2) is 36.9 Å². The van der Waals surface area contributed by atoms with Crippen molar-refractivity contribution in [2.24, 2.45) is 0 Å². The largest absolute Gasteiger partial charge is 0.383 e. The number of piperidine rings is 1. The van der Waals surface area contributed by atoms with Crippen LogP contribution in [0.5, 0.6) is 0 Å². The molecule has 32 heavy (non-hydrogen) atoms. The molecule has 8 nitrogen and oxygen atoms in total. The highest BCUT2D eigenvalue weighted by atomic mass is 16.5. The zero-order chi connectivity index (χ0) is 22.7. The summed E-state index contributed by atoms with van der Waals surface area (Å²) in [6.07, 6.45) is 7.03. The fraction of sp³-hybridized carbons (Fsp3) is 0.500. The van der Waals surface area contributed by atoms with E-state index in [0.717, 1.165) is 55.0 Å². The number of likely N-dealkylation sites (tertiary alicyclic amines) is 1. The van der Waals surface area contributed by atoms with Crippen molar-refractivity contribution in [3.05, 3.63) is 48.2 Å². The molecule has 0 bridgehead atoms. The van der Waals surface area contributed by atoms with Gasteiger partial charge in [-0.1, -0.05) is 0 Å². The van der Waals surface area contributed by atoms with Gasteiger partial charge in [0.2, 0.25) is 0 Å². The summed E-state index contributed by atoms with van der Waals surface area (Å²) in [6, 6.07) is 6.06. The van der Waals surface area contributed by atoms with E-state index < -0.39 is 0 Å². The number of anilines is 1. The molecule has 1 aliphatic heterocycles. The van der Waals surface area contributed by atoms with Crippen LogP contribution >= 0.6 is 0 Å². The van der Waals surface area contributed by atoms with E-state index in [1.807, 2.05) is 18.3 Å². The SMILES string of the molecule is COCCN(C)c1nc(C2CCN(C(=O)c3ccncc3)CC2)cc2c1ncn2C(C)C. The summed E-state index contributed by atoms with van der Waals surface area (Å²) in [6.45, 7) is 7.16. The molecule has 0 radical (unpaired) electrons. The van der Waals surface area contributed by atoms with E-state index in [1.54, 1.807) is 31.6 Å². The van der Waals surface area contributed by atoms with Crippen molar-refractivity contribution in [3.63, 3.8) is 0 Å². The quantitative estimate of drug-likeness (QED) is 0.564. The lowest BCUT2D eigenvalue weighted by atomic mass is 9.92. The van der Waals surface area contributed by atoms with Crippen molar-refractivity contribution in [1.82, 2.24) is 24.4 Å². The van der Waals surface area contributed by atoms with Gasteiger partial charge in [-0.15, -0.1) is 0 Å². The van der Waals surface area contributed by atoms with E-state index in [0.29, 0.717) is 24.1 Å². The highest BCUT2D eigenvalue weighted by molar-refractivity contribution is 5.94. The fourth-order valence-electron chi connectivity index (χ4n) is 4.31. The van der Waals surface area contributed by atoms with Gasteiger partial charge in [-0.3, -0.25) is 9.78 Å². The van der Waals surface area contributed by atoms with E-state index >= 15 is 0 Å². The fourth-order valence-corrected chi connectivity index (χ4v) is 4.31.